The maximum Gasteiger partial charge on any atom is 0.137 e. The molecule has 0 unspecified atom stereocenters. The zero-order chi connectivity index (χ0) is 34.2. The normalized spacial score (nSPS) is 11.8. The second kappa shape index (κ2) is 11.5. The number of hydrogen-bond donors (Lipinski definition) is 0. The number of rotatable bonds is 5. The van der Waals surface area contributed by atoms with Gasteiger partial charge in [0.25, 0.3) is 0 Å². The van der Waals surface area contributed by atoms with Crippen LogP contribution >= 0.6 is 11.3 Å². The van der Waals surface area contributed by atoms with Gasteiger partial charge in [-0.1, -0.05) is 97.1 Å². The molecule has 0 radical (unpaired) electrons. The largest absolute Gasteiger partial charge is 0.456 e. The number of para-hydroxylation sites is 2. The standard InChI is InChI=1S/C48H29NO2S/c1-4-12-42-37(8-1)39-26-25-35(29-45(39)51-42)49(33-21-16-30(17-22-33)32-20-27-44-41(28-32)38-9-2-5-13-43(38)50-44)34-23-18-31(19-24-34)36-11-7-15-47-48(36)40-10-3-6-14-46(40)52-47/h1-29H. The lowest BCUT2D eigenvalue weighted by atomic mass is 9.99. The zero-order valence-corrected chi connectivity index (χ0v) is 28.7. The van der Waals surface area contributed by atoms with Crippen molar-refractivity contribution >= 4 is 92.4 Å². The second-order valence-corrected chi connectivity index (χ2v) is 14.4. The molecule has 0 aliphatic rings. The van der Waals surface area contributed by atoms with Crippen LogP contribution in [-0.2, 0) is 0 Å². The van der Waals surface area contributed by atoms with Crippen molar-refractivity contribution in [1.29, 1.82) is 0 Å². The summed E-state index contributed by atoms with van der Waals surface area (Å²) in [6, 6.07) is 62.6. The molecule has 244 valence electrons. The molecule has 0 aliphatic heterocycles. The SMILES string of the molecule is c1ccc2c(c1)oc1cc(N(c3ccc(-c4ccc5oc6ccccc6c5c4)cc3)c3ccc(-c4cccc5sc6ccccc6c45)cc3)ccc12. The molecular formula is C48H29NO2S. The van der Waals surface area contributed by atoms with E-state index in [4.69, 9.17) is 8.83 Å². The van der Waals surface area contributed by atoms with E-state index in [0.717, 1.165) is 72.1 Å². The van der Waals surface area contributed by atoms with E-state index in [0.29, 0.717) is 0 Å². The molecule has 0 bridgehead atoms. The van der Waals surface area contributed by atoms with Crippen LogP contribution in [0.5, 0.6) is 0 Å². The van der Waals surface area contributed by atoms with Gasteiger partial charge in [0, 0.05) is 64.8 Å². The number of fused-ring (bicyclic) bond motifs is 9. The summed E-state index contributed by atoms with van der Waals surface area (Å²) in [4.78, 5) is 2.31. The van der Waals surface area contributed by atoms with E-state index in [1.54, 1.807) is 0 Å². The third kappa shape index (κ3) is 4.58. The molecule has 0 saturated heterocycles. The van der Waals surface area contributed by atoms with E-state index in [2.05, 4.69) is 157 Å². The monoisotopic (exact) mass is 683 g/mol. The molecule has 3 nitrogen and oxygen atoms in total. The third-order valence-electron chi connectivity index (χ3n) is 10.3. The first-order chi connectivity index (χ1) is 25.7. The lowest BCUT2D eigenvalue weighted by Gasteiger charge is -2.26. The van der Waals surface area contributed by atoms with Crippen LogP contribution in [0, 0.1) is 0 Å². The molecule has 3 aromatic heterocycles. The smallest absolute Gasteiger partial charge is 0.137 e. The molecule has 0 fully saturated rings. The Morgan fingerprint density at radius 3 is 1.67 bits per heavy atom. The fourth-order valence-electron chi connectivity index (χ4n) is 7.81. The van der Waals surface area contributed by atoms with E-state index in [1.165, 1.54) is 31.3 Å². The second-order valence-electron chi connectivity index (χ2n) is 13.3. The van der Waals surface area contributed by atoms with E-state index >= 15 is 0 Å². The number of nitrogens with zero attached hydrogens (tertiary/aromatic N) is 1. The highest BCUT2D eigenvalue weighted by molar-refractivity contribution is 7.25. The number of benzene rings is 8. The topological polar surface area (TPSA) is 29.5 Å². The van der Waals surface area contributed by atoms with Gasteiger partial charge in [0.05, 0.1) is 0 Å². The summed E-state index contributed by atoms with van der Waals surface area (Å²) in [5.41, 5.74) is 11.5. The molecule has 8 aromatic carbocycles. The maximum atomic E-state index is 6.36. The molecule has 0 atom stereocenters. The Morgan fingerprint density at radius 1 is 0.346 bits per heavy atom. The predicted octanol–water partition coefficient (Wildman–Crippen LogP) is 14.7. The Hall–Kier alpha value is -6.62. The zero-order valence-electron chi connectivity index (χ0n) is 27.9. The van der Waals surface area contributed by atoms with E-state index in [1.807, 2.05) is 35.6 Å². The van der Waals surface area contributed by atoms with Gasteiger partial charge in [-0.3, -0.25) is 0 Å². The summed E-state index contributed by atoms with van der Waals surface area (Å²) in [5.74, 6) is 0. The number of anilines is 3. The van der Waals surface area contributed by atoms with Gasteiger partial charge in [0.15, 0.2) is 0 Å². The molecule has 52 heavy (non-hydrogen) atoms. The van der Waals surface area contributed by atoms with Crippen LogP contribution in [0.25, 0.3) is 86.3 Å². The van der Waals surface area contributed by atoms with E-state index < -0.39 is 0 Å². The van der Waals surface area contributed by atoms with Crippen molar-refractivity contribution in [3.8, 4) is 22.3 Å². The van der Waals surface area contributed by atoms with Crippen molar-refractivity contribution in [3.05, 3.63) is 176 Å². The molecule has 11 rings (SSSR count). The first-order valence-electron chi connectivity index (χ1n) is 17.5. The van der Waals surface area contributed by atoms with Gasteiger partial charge in [-0.05, 0) is 95.1 Å². The summed E-state index contributed by atoms with van der Waals surface area (Å²) in [6.45, 7) is 0. The molecular weight excluding hydrogens is 655 g/mol. The molecule has 3 heterocycles. The molecule has 0 saturated carbocycles. The van der Waals surface area contributed by atoms with Crippen molar-refractivity contribution in [2.75, 3.05) is 4.90 Å². The van der Waals surface area contributed by atoms with Gasteiger partial charge >= 0.3 is 0 Å². The Morgan fingerprint density at radius 2 is 0.904 bits per heavy atom. The van der Waals surface area contributed by atoms with Gasteiger partial charge in [-0.15, -0.1) is 11.3 Å². The van der Waals surface area contributed by atoms with E-state index in [9.17, 15) is 0 Å². The number of thiophene rings is 1. The lowest BCUT2D eigenvalue weighted by molar-refractivity contribution is 0.668. The van der Waals surface area contributed by atoms with Crippen molar-refractivity contribution in [3.63, 3.8) is 0 Å². The predicted molar refractivity (Wildman–Crippen MR) is 219 cm³/mol. The van der Waals surface area contributed by atoms with Crippen LogP contribution in [0.15, 0.2) is 185 Å². The number of hydrogen-bond acceptors (Lipinski definition) is 4. The highest BCUT2D eigenvalue weighted by atomic mass is 32.1. The minimum atomic E-state index is 0.869. The summed E-state index contributed by atoms with van der Waals surface area (Å²) < 4.78 is 15.1. The summed E-state index contributed by atoms with van der Waals surface area (Å²) in [6.07, 6.45) is 0. The third-order valence-corrected chi connectivity index (χ3v) is 11.4. The summed E-state index contributed by atoms with van der Waals surface area (Å²) >= 11 is 1.85. The van der Waals surface area contributed by atoms with E-state index in [-0.39, 0.29) is 0 Å². The first-order valence-corrected chi connectivity index (χ1v) is 18.3. The highest BCUT2D eigenvalue weighted by Crippen LogP contribution is 2.43. The molecule has 0 amide bonds. The van der Waals surface area contributed by atoms with Crippen molar-refractivity contribution in [2.24, 2.45) is 0 Å². The lowest BCUT2D eigenvalue weighted by Crippen LogP contribution is -2.09. The fraction of sp³-hybridized carbons (Fsp3) is 0. The van der Waals surface area contributed by atoms with Crippen molar-refractivity contribution in [1.82, 2.24) is 0 Å². The molecule has 11 aromatic rings. The Kier molecular flexibility index (Phi) is 6.42. The maximum absolute atomic E-state index is 6.36. The molecule has 0 spiro atoms. The highest BCUT2D eigenvalue weighted by Gasteiger charge is 2.17. The quantitative estimate of drug-likeness (QED) is 0.181. The number of furan rings is 2. The van der Waals surface area contributed by atoms with Crippen LogP contribution in [0.2, 0.25) is 0 Å². The van der Waals surface area contributed by atoms with Gasteiger partial charge in [-0.25, -0.2) is 0 Å². The van der Waals surface area contributed by atoms with Gasteiger partial charge < -0.3 is 13.7 Å². The Labute approximate surface area is 303 Å². The van der Waals surface area contributed by atoms with Crippen LogP contribution in [0.3, 0.4) is 0 Å². The van der Waals surface area contributed by atoms with Gasteiger partial charge in [0.1, 0.15) is 22.3 Å². The average molecular weight is 684 g/mol. The minimum absolute atomic E-state index is 0.869. The average Bonchev–Trinajstić information content (AvgIpc) is 3.89. The molecule has 0 N–H and O–H groups in total. The van der Waals surface area contributed by atoms with Crippen LogP contribution < -0.4 is 4.90 Å². The van der Waals surface area contributed by atoms with Crippen molar-refractivity contribution in [2.45, 2.75) is 0 Å². The first kappa shape index (κ1) is 29.1. The Bertz CT molecular complexity index is 3130. The molecule has 4 heteroatoms. The van der Waals surface area contributed by atoms with Crippen LogP contribution in [0.1, 0.15) is 0 Å². The summed E-state index contributed by atoms with van der Waals surface area (Å²) in [5, 5.41) is 7.13. The molecule has 0 aliphatic carbocycles. The van der Waals surface area contributed by atoms with Crippen molar-refractivity contribution < 1.29 is 8.83 Å². The fourth-order valence-corrected chi connectivity index (χ4v) is 8.95. The van der Waals surface area contributed by atoms with Crippen LogP contribution in [-0.4, -0.2) is 0 Å². The summed E-state index contributed by atoms with van der Waals surface area (Å²) in [7, 11) is 0. The van der Waals surface area contributed by atoms with Gasteiger partial charge in [0.2, 0.25) is 0 Å². The van der Waals surface area contributed by atoms with Gasteiger partial charge in [-0.2, -0.15) is 0 Å². The minimum Gasteiger partial charge on any atom is -0.456 e. The van der Waals surface area contributed by atoms with Crippen LogP contribution in [0.4, 0.5) is 17.1 Å². The Balaban J connectivity index is 1.02.